The molecule has 0 radical (unpaired) electrons. The van der Waals surface area contributed by atoms with Gasteiger partial charge in [-0.2, -0.15) is 0 Å². The number of rotatable bonds is 5. The topological polar surface area (TPSA) is 79.5 Å². The van der Waals surface area contributed by atoms with Crippen LogP contribution in [0.4, 0.5) is 0 Å². The van der Waals surface area contributed by atoms with Crippen molar-refractivity contribution in [3.05, 3.63) is 90.5 Å². The first-order valence-corrected chi connectivity index (χ1v) is 10.5. The molecule has 4 rings (SSSR count). The van der Waals surface area contributed by atoms with E-state index in [0.717, 1.165) is 27.1 Å². The van der Waals surface area contributed by atoms with Crippen LogP contribution in [0.25, 0.3) is 21.5 Å². The normalized spacial score (nSPS) is 10.5. The monoisotopic (exact) mass is 443 g/mol. The number of amides is 2. The first-order chi connectivity index (χ1) is 15.6. The zero-order chi connectivity index (χ0) is 22.3. The number of thiocarbonyl (C=S) groups is 1. The molecule has 0 aromatic heterocycles. The van der Waals surface area contributed by atoms with Crippen molar-refractivity contribution in [2.45, 2.75) is 6.42 Å². The molecule has 0 unspecified atom stereocenters. The van der Waals surface area contributed by atoms with E-state index >= 15 is 0 Å². The highest BCUT2D eigenvalue weighted by Gasteiger charge is 2.10. The highest BCUT2D eigenvalue weighted by molar-refractivity contribution is 7.80. The van der Waals surface area contributed by atoms with Crippen molar-refractivity contribution in [2.75, 3.05) is 6.61 Å². The number of hydrazine groups is 1. The third-order valence-electron chi connectivity index (χ3n) is 4.89. The van der Waals surface area contributed by atoms with Crippen LogP contribution in [0, 0.1) is 0 Å². The maximum absolute atomic E-state index is 12.4. The third-order valence-corrected chi connectivity index (χ3v) is 5.09. The molecule has 4 aromatic carbocycles. The van der Waals surface area contributed by atoms with Gasteiger partial charge in [0.05, 0.1) is 6.42 Å². The molecule has 32 heavy (non-hydrogen) atoms. The van der Waals surface area contributed by atoms with Crippen LogP contribution < -0.4 is 20.9 Å². The SMILES string of the molecule is O=C(COc1ccc2ccccc2c1)NNC(=S)NC(=O)Cc1cccc2ccccc12. The Kier molecular flexibility index (Phi) is 6.57. The lowest BCUT2D eigenvalue weighted by Gasteiger charge is -2.12. The van der Waals surface area contributed by atoms with E-state index in [0.29, 0.717) is 5.75 Å². The predicted molar refractivity (Wildman–Crippen MR) is 129 cm³/mol. The van der Waals surface area contributed by atoms with E-state index in [2.05, 4.69) is 16.2 Å². The molecule has 160 valence electrons. The Morgan fingerprint density at radius 2 is 1.47 bits per heavy atom. The van der Waals surface area contributed by atoms with Gasteiger partial charge in [-0.15, -0.1) is 0 Å². The Morgan fingerprint density at radius 1 is 0.750 bits per heavy atom. The Labute approximate surface area is 190 Å². The Morgan fingerprint density at radius 3 is 2.31 bits per heavy atom. The van der Waals surface area contributed by atoms with Crippen LogP contribution in [0.1, 0.15) is 5.56 Å². The lowest BCUT2D eigenvalue weighted by Crippen LogP contribution is -2.49. The quantitative estimate of drug-likeness (QED) is 0.324. The first kappa shape index (κ1) is 21.3. The minimum Gasteiger partial charge on any atom is -0.484 e. The minimum atomic E-state index is -0.427. The molecule has 0 spiro atoms. The largest absolute Gasteiger partial charge is 0.484 e. The van der Waals surface area contributed by atoms with Crippen molar-refractivity contribution in [3.8, 4) is 5.75 Å². The molecule has 0 bridgehead atoms. The molecule has 6 nitrogen and oxygen atoms in total. The molecule has 0 saturated heterocycles. The summed E-state index contributed by atoms with van der Waals surface area (Å²) in [5, 5.41) is 6.78. The van der Waals surface area contributed by atoms with E-state index in [4.69, 9.17) is 17.0 Å². The van der Waals surface area contributed by atoms with Crippen molar-refractivity contribution >= 4 is 50.7 Å². The van der Waals surface area contributed by atoms with E-state index in [1.165, 1.54) is 0 Å². The standard InChI is InChI=1S/C25H21N3O3S/c29-23(15-20-10-5-9-18-7-3-4-11-22(18)20)26-25(32)28-27-24(30)16-31-21-13-12-17-6-1-2-8-19(17)14-21/h1-14H,15-16H2,(H,27,30)(H2,26,28,29,32). The Bertz CT molecular complexity index is 1300. The summed E-state index contributed by atoms with van der Waals surface area (Å²) in [6.45, 7) is -0.197. The van der Waals surface area contributed by atoms with Gasteiger partial charge < -0.3 is 10.1 Å². The maximum Gasteiger partial charge on any atom is 0.276 e. The number of ether oxygens (including phenoxy) is 1. The lowest BCUT2D eigenvalue weighted by molar-refractivity contribution is -0.124. The number of fused-ring (bicyclic) bond motifs is 2. The fraction of sp³-hybridized carbons (Fsp3) is 0.0800. The smallest absolute Gasteiger partial charge is 0.276 e. The summed E-state index contributed by atoms with van der Waals surface area (Å²) in [5.74, 6) is -0.117. The molecule has 2 amide bonds. The van der Waals surface area contributed by atoms with Gasteiger partial charge in [-0.05, 0) is 51.5 Å². The van der Waals surface area contributed by atoms with Crippen LogP contribution in [-0.4, -0.2) is 23.5 Å². The van der Waals surface area contributed by atoms with Crippen LogP contribution in [0.2, 0.25) is 0 Å². The van der Waals surface area contributed by atoms with Crippen LogP contribution in [0.15, 0.2) is 84.9 Å². The fourth-order valence-corrected chi connectivity index (χ4v) is 3.56. The van der Waals surface area contributed by atoms with Gasteiger partial charge in [-0.25, -0.2) is 0 Å². The molecule has 0 aliphatic heterocycles. The molecule has 7 heteroatoms. The molecule has 0 aliphatic carbocycles. The highest BCUT2D eigenvalue weighted by Crippen LogP contribution is 2.20. The van der Waals surface area contributed by atoms with E-state index < -0.39 is 5.91 Å². The summed E-state index contributed by atoms with van der Waals surface area (Å²) >= 11 is 5.09. The number of hydrogen-bond donors (Lipinski definition) is 3. The molecule has 0 atom stereocenters. The second kappa shape index (κ2) is 9.89. The summed E-state index contributed by atoms with van der Waals surface area (Å²) in [6.07, 6.45) is 0.169. The Hall–Kier alpha value is -3.97. The van der Waals surface area contributed by atoms with E-state index in [-0.39, 0.29) is 24.0 Å². The van der Waals surface area contributed by atoms with E-state index in [9.17, 15) is 9.59 Å². The lowest BCUT2D eigenvalue weighted by atomic mass is 10.0. The van der Waals surface area contributed by atoms with Gasteiger partial charge in [0, 0.05) is 0 Å². The van der Waals surface area contributed by atoms with Crippen molar-refractivity contribution < 1.29 is 14.3 Å². The number of carbonyl (C=O) groups is 2. The highest BCUT2D eigenvalue weighted by atomic mass is 32.1. The van der Waals surface area contributed by atoms with E-state index in [1.807, 2.05) is 78.9 Å². The molecule has 4 aromatic rings. The van der Waals surface area contributed by atoms with Gasteiger partial charge in [0.2, 0.25) is 5.91 Å². The van der Waals surface area contributed by atoms with Crippen LogP contribution in [-0.2, 0) is 16.0 Å². The summed E-state index contributed by atoms with van der Waals surface area (Å²) in [6, 6.07) is 27.2. The summed E-state index contributed by atoms with van der Waals surface area (Å²) in [5.41, 5.74) is 5.84. The van der Waals surface area contributed by atoms with Crippen LogP contribution in [0.5, 0.6) is 5.75 Å². The van der Waals surface area contributed by atoms with Gasteiger partial charge in [0.25, 0.3) is 5.91 Å². The average molecular weight is 444 g/mol. The Balaban J connectivity index is 1.23. The molecule has 0 fully saturated rings. The second-order valence-corrected chi connectivity index (χ2v) is 7.57. The van der Waals surface area contributed by atoms with Gasteiger partial charge in [-0.1, -0.05) is 72.8 Å². The third kappa shape index (κ3) is 5.39. The molecular weight excluding hydrogens is 422 g/mol. The van der Waals surface area contributed by atoms with Gasteiger partial charge in [0.1, 0.15) is 5.75 Å². The number of hydrogen-bond acceptors (Lipinski definition) is 4. The van der Waals surface area contributed by atoms with Gasteiger partial charge >= 0.3 is 0 Å². The van der Waals surface area contributed by atoms with Crippen molar-refractivity contribution in [1.29, 1.82) is 0 Å². The molecule has 0 aliphatic rings. The molecular formula is C25H21N3O3S. The number of benzene rings is 4. The van der Waals surface area contributed by atoms with Crippen molar-refractivity contribution in [2.24, 2.45) is 0 Å². The molecule has 0 saturated carbocycles. The van der Waals surface area contributed by atoms with Crippen molar-refractivity contribution in [1.82, 2.24) is 16.2 Å². The average Bonchev–Trinajstić information content (AvgIpc) is 2.81. The summed E-state index contributed by atoms with van der Waals surface area (Å²) in [7, 11) is 0. The van der Waals surface area contributed by atoms with Crippen molar-refractivity contribution in [3.63, 3.8) is 0 Å². The first-order valence-electron chi connectivity index (χ1n) is 10.1. The summed E-state index contributed by atoms with van der Waals surface area (Å²) < 4.78 is 5.53. The zero-order valence-corrected chi connectivity index (χ0v) is 17.9. The van der Waals surface area contributed by atoms with Gasteiger partial charge in [-0.3, -0.25) is 20.4 Å². The van der Waals surface area contributed by atoms with Crippen LogP contribution >= 0.6 is 12.2 Å². The molecule has 0 heterocycles. The minimum absolute atomic E-state index is 0.00860. The maximum atomic E-state index is 12.4. The summed E-state index contributed by atoms with van der Waals surface area (Å²) in [4.78, 5) is 24.4. The number of nitrogens with one attached hydrogen (secondary N) is 3. The fourth-order valence-electron chi connectivity index (χ4n) is 3.39. The number of carbonyl (C=O) groups excluding carboxylic acids is 2. The molecule has 3 N–H and O–H groups in total. The predicted octanol–water partition coefficient (Wildman–Crippen LogP) is 3.64. The zero-order valence-electron chi connectivity index (χ0n) is 17.1. The van der Waals surface area contributed by atoms with Gasteiger partial charge in [0.15, 0.2) is 11.7 Å². The van der Waals surface area contributed by atoms with E-state index in [1.54, 1.807) is 6.07 Å². The van der Waals surface area contributed by atoms with Crippen LogP contribution in [0.3, 0.4) is 0 Å². The second-order valence-electron chi connectivity index (χ2n) is 7.16.